The van der Waals surface area contributed by atoms with Crippen molar-refractivity contribution in [2.24, 2.45) is 0 Å². The molecule has 1 heterocycles. The van der Waals surface area contributed by atoms with E-state index >= 15 is 0 Å². The van der Waals surface area contributed by atoms with Crippen LogP contribution in [0.3, 0.4) is 0 Å². The maximum atomic E-state index is 7.50. The molecule has 0 aliphatic rings. The van der Waals surface area contributed by atoms with Crippen LogP contribution in [0.4, 0.5) is 0 Å². The lowest BCUT2D eigenvalue weighted by molar-refractivity contribution is 0.307. The van der Waals surface area contributed by atoms with Crippen LogP contribution in [0.2, 0.25) is 0 Å². The minimum atomic E-state index is 1.47. The summed E-state index contributed by atoms with van der Waals surface area (Å²) < 4.78 is 4.08. The highest BCUT2D eigenvalue weighted by Crippen LogP contribution is 1.62. The summed E-state index contributed by atoms with van der Waals surface area (Å²) in [5.41, 5.74) is 4.50. The van der Waals surface area contributed by atoms with Crippen molar-refractivity contribution in [3.8, 4) is 0 Å². The van der Waals surface area contributed by atoms with Crippen LogP contribution < -0.4 is 0 Å². The van der Waals surface area contributed by atoms with Crippen molar-refractivity contribution in [3.63, 3.8) is 0 Å². The lowest BCUT2D eigenvalue weighted by Gasteiger charge is -1.45. The zero-order valence-electron chi connectivity index (χ0n) is 3.37. The van der Waals surface area contributed by atoms with Crippen LogP contribution in [-0.2, 0) is 0 Å². The average Bonchev–Trinajstić information content (AvgIpc) is 2.23. The van der Waals surface area contributed by atoms with Crippen LogP contribution in [-0.4, -0.2) is 10.3 Å². The van der Waals surface area contributed by atoms with Gasteiger partial charge in [-0.25, -0.2) is 4.63 Å². The smallest absolute Gasteiger partial charge is 0.0913 e. The molecule has 0 saturated carbocycles. The van der Waals surface area contributed by atoms with Gasteiger partial charge in [0.15, 0.2) is 0 Å². The van der Waals surface area contributed by atoms with Gasteiger partial charge in [0.25, 0.3) is 0 Å². The Labute approximate surface area is 39.1 Å². The Morgan fingerprint density at radius 3 is 1.86 bits per heavy atom. The molecule has 38 valence electrons. The molecule has 1 N–H and O–H groups in total. The fourth-order valence-corrected chi connectivity index (χ4v) is 0.136. The molecule has 0 bridgehead atoms. The van der Waals surface area contributed by atoms with Gasteiger partial charge in [-0.2, -0.15) is 4.91 Å². The van der Waals surface area contributed by atoms with Gasteiger partial charge in [-0.05, 0) is 0 Å². The molecule has 0 aliphatic carbocycles. The number of nitroso groups, excluding NO2 is 1. The van der Waals surface area contributed by atoms with Crippen molar-refractivity contribution >= 4 is 0 Å². The lowest BCUT2D eigenvalue weighted by Crippen LogP contribution is -1.44. The molecule has 0 aromatic carbocycles. The fraction of sp³-hybridized carbons (Fsp3) is 0. The zero-order valence-corrected chi connectivity index (χ0v) is 3.37. The van der Waals surface area contributed by atoms with Crippen LogP contribution >= 0.6 is 0 Å². The first-order valence-corrected chi connectivity index (χ1v) is 1.42. The molecule has 0 amide bonds. The van der Waals surface area contributed by atoms with Crippen molar-refractivity contribution in [2.75, 3.05) is 0 Å². The summed E-state index contributed by atoms with van der Waals surface area (Å²) in [6, 6.07) is 0. The Morgan fingerprint density at radius 2 is 1.71 bits per heavy atom. The molecule has 5 heteroatoms. The second kappa shape index (κ2) is 4.74. The highest BCUT2D eigenvalue weighted by atomic mass is 16.6. The highest BCUT2D eigenvalue weighted by molar-refractivity contribution is 4.51. The van der Waals surface area contributed by atoms with Crippen molar-refractivity contribution in [1.29, 1.82) is 5.59 Å². The quantitative estimate of drug-likeness (QED) is 0.479. The summed E-state index contributed by atoms with van der Waals surface area (Å²) in [5, 5.41) is 6.47. The molecule has 0 spiro atoms. The summed E-state index contributed by atoms with van der Waals surface area (Å²) in [6.45, 7) is 0. The molecule has 5 nitrogen and oxygen atoms in total. The first-order valence-electron chi connectivity index (χ1n) is 1.42. The number of nitrogens with zero attached hydrogens (tertiary/aromatic N) is 2. The number of hydrogen-bond acceptors (Lipinski definition) is 5. The van der Waals surface area contributed by atoms with Gasteiger partial charge in [-0.1, -0.05) is 15.9 Å². The Bertz CT molecular complexity index is 77.8. The van der Waals surface area contributed by atoms with Gasteiger partial charge in [0.2, 0.25) is 0 Å². The molecule has 0 fully saturated rings. The summed E-state index contributed by atoms with van der Waals surface area (Å²) in [5.74, 6) is 0. The Hall–Kier alpha value is -1.26. The topological polar surface area (TPSA) is 79.8 Å². The van der Waals surface area contributed by atoms with E-state index in [1.165, 1.54) is 12.4 Å². The Morgan fingerprint density at radius 1 is 1.29 bits per heavy atom. The molecule has 1 aromatic rings. The van der Waals surface area contributed by atoms with Crippen molar-refractivity contribution in [2.45, 2.75) is 0 Å². The van der Waals surface area contributed by atoms with Gasteiger partial charge in [0, 0.05) is 0 Å². The minimum absolute atomic E-state index is 1.47. The monoisotopic (exact) mass is 101 g/mol. The van der Waals surface area contributed by atoms with Crippen LogP contribution in [0.15, 0.2) is 17.0 Å². The third-order valence-electron chi connectivity index (χ3n) is 0.283. The number of nitrogens with one attached hydrogen (secondary N) is 1. The molecule has 0 radical (unpaired) electrons. The largest absolute Gasteiger partial charge is 0.245 e. The molecule has 1 aromatic heterocycles. The molecular formula is C2H3N3O2. The fourth-order valence-electron chi connectivity index (χ4n) is 0.136. The van der Waals surface area contributed by atoms with Gasteiger partial charge >= 0.3 is 0 Å². The number of hydrogen-bond donors (Lipinski definition) is 1. The lowest BCUT2D eigenvalue weighted by atomic mass is 11.0. The normalized spacial score (nSPS) is 6.29. The van der Waals surface area contributed by atoms with Gasteiger partial charge in [0.05, 0.1) is 12.4 Å². The van der Waals surface area contributed by atoms with E-state index in [1.54, 1.807) is 0 Å². The second-order valence-corrected chi connectivity index (χ2v) is 0.591. The van der Waals surface area contributed by atoms with E-state index in [4.69, 9.17) is 4.91 Å². The predicted molar refractivity (Wildman–Crippen MR) is 20.4 cm³/mol. The standard InChI is InChI=1S/C2H2N2O.HNO/c1-2-4-5-3-1;1-2/h1-2H;1H. The van der Waals surface area contributed by atoms with Gasteiger partial charge < -0.3 is 0 Å². The van der Waals surface area contributed by atoms with E-state index in [9.17, 15) is 0 Å². The summed E-state index contributed by atoms with van der Waals surface area (Å²) in [6.07, 6.45) is 2.94. The Balaban J connectivity index is 0.000000162. The maximum Gasteiger partial charge on any atom is 0.0913 e. The molecular weight excluding hydrogens is 98.0 g/mol. The van der Waals surface area contributed by atoms with Crippen LogP contribution in [0.1, 0.15) is 0 Å². The SMILES string of the molecule is N=O.c1cnon1. The average molecular weight is 101 g/mol. The minimum Gasteiger partial charge on any atom is -0.245 e. The third kappa shape index (κ3) is 2.54. The zero-order chi connectivity index (χ0) is 5.54. The highest BCUT2D eigenvalue weighted by Gasteiger charge is 1.61. The van der Waals surface area contributed by atoms with E-state index in [0.29, 0.717) is 0 Å². The summed E-state index contributed by atoms with van der Waals surface area (Å²) >= 11 is 0. The van der Waals surface area contributed by atoms with Crippen LogP contribution in [0.25, 0.3) is 0 Å². The first kappa shape index (κ1) is 5.74. The van der Waals surface area contributed by atoms with Crippen molar-refractivity contribution in [3.05, 3.63) is 17.3 Å². The van der Waals surface area contributed by atoms with Gasteiger partial charge in [-0.3, -0.25) is 0 Å². The summed E-state index contributed by atoms with van der Waals surface area (Å²) in [7, 11) is 0. The van der Waals surface area contributed by atoms with E-state index < -0.39 is 0 Å². The van der Waals surface area contributed by atoms with E-state index in [1.807, 2.05) is 0 Å². The van der Waals surface area contributed by atoms with Crippen LogP contribution in [0.5, 0.6) is 0 Å². The predicted octanol–water partition coefficient (Wildman–Crippen LogP) is 0.401. The van der Waals surface area contributed by atoms with Crippen molar-refractivity contribution in [1.82, 2.24) is 10.3 Å². The number of aromatic nitrogens is 2. The van der Waals surface area contributed by atoms with E-state index in [2.05, 4.69) is 20.5 Å². The second-order valence-electron chi connectivity index (χ2n) is 0.591. The maximum absolute atomic E-state index is 7.50. The van der Waals surface area contributed by atoms with Crippen molar-refractivity contribution < 1.29 is 4.63 Å². The Kier molecular flexibility index (Phi) is 3.89. The summed E-state index contributed by atoms with van der Waals surface area (Å²) in [4.78, 5) is 7.50. The molecule has 0 saturated heterocycles. The molecule has 1 rings (SSSR count). The van der Waals surface area contributed by atoms with E-state index in [-0.39, 0.29) is 0 Å². The molecule has 7 heavy (non-hydrogen) atoms. The third-order valence-corrected chi connectivity index (χ3v) is 0.283. The van der Waals surface area contributed by atoms with E-state index in [0.717, 1.165) is 0 Å². The number of rotatable bonds is 0. The van der Waals surface area contributed by atoms with Gasteiger partial charge in [-0.15, -0.1) is 0 Å². The molecule has 0 unspecified atom stereocenters. The van der Waals surface area contributed by atoms with Gasteiger partial charge in [0.1, 0.15) is 0 Å². The first-order chi connectivity index (χ1) is 3.50. The molecule has 0 aliphatic heterocycles. The molecule has 0 atom stereocenters. The van der Waals surface area contributed by atoms with Crippen LogP contribution in [0, 0.1) is 10.5 Å².